The van der Waals surface area contributed by atoms with Gasteiger partial charge >= 0.3 is 0 Å². The van der Waals surface area contributed by atoms with Crippen LogP contribution < -0.4 is 20.3 Å². The molecule has 0 spiro atoms. The standard InChI is InChI=1S/C65H74N12O7S2/c1-39(2)58(55-30-40(3)72-84-55)63(81)76-36-47(78)32-53(76)62(80)66-33-46-19-18-45(60-41(4)67-38-85-60)31-54(46)83-29-28-73-24-26-74(27-25-73)64(82)59-48(50-34-68-77(42(50)5)35-43-12-7-6-8-13-43)20-21-57(70-59)75-23-22-44-14-11-15-49(51(44)37-75)61(79)71-65-69-52-16-9-10-17-56(52)86-65/h9-11,14-21,30-31,34,38-39,43,47,53,58,78H,6-8,12-13,22-29,32-33,35-37H2,1-5H3,(H,66,80)(H,69,71,79)/t47-,53+,58+/m1/s1. The SMILES string of the molecule is Cc1cc([C@@H](C(=O)N2C[C@H](O)C[C@H]2C(=O)NCc2ccc(-c3scnc3C)cc2OCCN2CCN(C(=O)c3nc(N4CCc5cccc(C(=O)Nc6nc7ccccc7s6)c5C4)ccc3-c3cnn(CC4CCCCC4)c3C)CC2)C(C)C)on1. The number of hydrogen-bond donors (Lipinski definition) is 3. The van der Waals surface area contributed by atoms with Crippen molar-refractivity contribution in [3.05, 3.63) is 141 Å². The Kier molecular flexibility index (Phi) is 17.4. The van der Waals surface area contributed by atoms with Crippen LogP contribution in [0.25, 0.3) is 31.8 Å². The van der Waals surface area contributed by atoms with Gasteiger partial charge in [0.25, 0.3) is 11.8 Å². The summed E-state index contributed by atoms with van der Waals surface area (Å²) in [5.41, 5.74) is 11.6. The zero-order valence-electron chi connectivity index (χ0n) is 49.5. The third kappa shape index (κ3) is 12.5. The van der Waals surface area contributed by atoms with Crippen LogP contribution in [-0.2, 0) is 35.6 Å². The van der Waals surface area contributed by atoms with Gasteiger partial charge in [0.1, 0.15) is 41.6 Å². The average molecular weight is 1200 g/mol. The van der Waals surface area contributed by atoms with E-state index in [1.807, 2.05) is 104 Å². The van der Waals surface area contributed by atoms with Gasteiger partial charge in [-0.25, -0.2) is 15.0 Å². The number of piperazine rings is 1. The van der Waals surface area contributed by atoms with E-state index in [1.165, 1.54) is 48.3 Å². The monoisotopic (exact) mass is 1200 g/mol. The molecule has 3 aromatic carbocycles. The highest BCUT2D eigenvalue weighted by Gasteiger charge is 2.43. The van der Waals surface area contributed by atoms with E-state index in [0.717, 1.165) is 66.4 Å². The van der Waals surface area contributed by atoms with E-state index in [0.29, 0.717) is 104 Å². The molecule has 4 amide bonds. The number of likely N-dealkylation sites (tertiary alicyclic amines) is 1. The molecule has 0 bridgehead atoms. The van der Waals surface area contributed by atoms with Crippen LogP contribution in [0.3, 0.4) is 0 Å². The second-order valence-electron chi connectivity index (χ2n) is 23.7. The number of anilines is 2. The van der Waals surface area contributed by atoms with E-state index in [1.54, 1.807) is 24.3 Å². The second kappa shape index (κ2) is 25.6. The Balaban J connectivity index is 0.733. The molecule has 12 rings (SSSR count). The minimum atomic E-state index is -0.873. The van der Waals surface area contributed by atoms with Gasteiger partial charge in [-0.2, -0.15) is 5.10 Å². The van der Waals surface area contributed by atoms with Crippen molar-refractivity contribution in [2.75, 3.05) is 62.6 Å². The number of nitrogens with one attached hydrogen (secondary N) is 2. The fraction of sp³-hybridized carbons (Fsp3) is 0.431. The Bertz CT molecular complexity index is 3750. The summed E-state index contributed by atoms with van der Waals surface area (Å²) in [5.74, 6) is 0.490. The number of carbonyl (C=O) groups excluding carboxylic acids is 4. The van der Waals surface area contributed by atoms with E-state index in [-0.39, 0.29) is 49.1 Å². The van der Waals surface area contributed by atoms with Crippen molar-refractivity contribution in [3.63, 3.8) is 0 Å². The van der Waals surface area contributed by atoms with Gasteiger partial charge < -0.3 is 34.4 Å². The van der Waals surface area contributed by atoms with Gasteiger partial charge in [-0.15, -0.1) is 11.3 Å². The molecule has 3 N–H and O–H groups in total. The fourth-order valence-electron chi connectivity index (χ4n) is 12.8. The molecule has 8 heterocycles. The number of hydrogen-bond acceptors (Lipinski definition) is 16. The van der Waals surface area contributed by atoms with Crippen molar-refractivity contribution in [1.82, 2.24) is 49.9 Å². The maximum Gasteiger partial charge on any atom is 0.273 e. The molecule has 448 valence electrons. The number of aryl methyl sites for hydroxylation is 2. The number of pyridine rings is 1. The lowest BCUT2D eigenvalue weighted by Gasteiger charge is -2.35. The summed E-state index contributed by atoms with van der Waals surface area (Å²) in [5, 5.41) is 26.4. The third-order valence-electron chi connectivity index (χ3n) is 17.6. The maximum atomic E-state index is 15.2. The first-order valence-electron chi connectivity index (χ1n) is 30.2. The van der Waals surface area contributed by atoms with Gasteiger partial charge in [-0.3, -0.25) is 34.1 Å². The van der Waals surface area contributed by atoms with Gasteiger partial charge in [-0.1, -0.05) is 86.0 Å². The molecule has 0 radical (unpaired) electrons. The number of rotatable bonds is 18. The number of aromatic nitrogens is 6. The maximum absolute atomic E-state index is 15.2. The summed E-state index contributed by atoms with van der Waals surface area (Å²) in [6, 6.07) is 24.6. The van der Waals surface area contributed by atoms with Gasteiger partial charge in [0, 0.05) is 106 Å². The predicted octanol–water partition coefficient (Wildman–Crippen LogP) is 9.84. The topological polar surface area (TPSA) is 217 Å². The molecular weight excluding hydrogens is 1120 g/mol. The smallest absolute Gasteiger partial charge is 0.273 e. The normalized spacial score (nSPS) is 18.0. The molecule has 3 aliphatic heterocycles. The summed E-state index contributed by atoms with van der Waals surface area (Å²) in [6.45, 7) is 15.0. The van der Waals surface area contributed by atoms with Crippen molar-refractivity contribution in [2.24, 2.45) is 11.8 Å². The van der Waals surface area contributed by atoms with E-state index in [2.05, 4.69) is 53.2 Å². The van der Waals surface area contributed by atoms with Crippen LogP contribution in [0.1, 0.15) is 119 Å². The molecule has 21 heteroatoms. The molecular formula is C65H74N12O7S2. The van der Waals surface area contributed by atoms with E-state index in [9.17, 15) is 19.5 Å². The molecule has 1 aliphatic carbocycles. The Hall–Kier alpha value is -7.85. The number of ether oxygens (including phenoxy) is 1. The molecule has 0 unspecified atom stereocenters. The van der Waals surface area contributed by atoms with Crippen molar-refractivity contribution >= 4 is 67.5 Å². The number of fused-ring (bicyclic) bond motifs is 2. The van der Waals surface area contributed by atoms with Crippen LogP contribution in [0.5, 0.6) is 5.75 Å². The van der Waals surface area contributed by atoms with Crippen molar-refractivity contribution in [1.29, 1.82) is 0 Å². The van der Waals surface area contributed by atoms with Crippen molar-refractivity contribution in [3.8, 4) is 27.3 Å². The number of aliphatic hydroxyl groups excluding tert-OH is 1. The molecule has 5 aromatic heterocycles. The highest BCUT2D eigenvalue weighted by Crippen LogP contribution is 2.37. The molecule has 19 nitrogen and oxygen atoms in total. The minimum absolute atomic E-state index is 0.0391. The highest BCUT2D eigenvalue weighted by molar-refractivity contribution is 7.22. The molecule has 3 atom stereocenters. The molecule has 2 saturated heterocycles. The van der Waals surface area contributed by atoms with Crippen LogP contribution in [-0.4, -0.2) is 138 Å². The quantitative estimate of drug-likeness (QED) is 0.0729. The molecule has 1 saturated carbocycles. The van der Waals surface area contributed by atoms with Gasteiger partial charge in [0.05, 0.1) is 44.3 Å². The summed E-state index contributed by atoms with van der Waals surface area (Å²) < 4.78 is 15.3. The lowest BCUT2D eigenvalue weighted by molar-refractivity contribution is -0.141. The lowest BCUT2D eigenvalue weighted by atomic mass is 9.89. The first-order valence-corrected chi connectivity index (χ1v) is 31.9. The van der Waals surface area contributed by atoms with Crippen LogP contribution >= 0.6 is 22.7 Å². The fourth-order valence-corrected chi connectivity index (χ4v) is 14.5. The number of para-hydroxylation sites is 1. The average Bonchev–Trinajstić information content (AvgIpc) is 4.57. The van der Waals surface area contributed by atoms with E-state index in [4.69, 9.17) is 19.3 Å². The largest absolute Gasteiger partial charge is 0.492 e. The minimum Gasteiger partial charge on any atom is -0.492 e. The van der Waals surface area contributed by atoms with E-state index < -0.39 is 18.1 Å². The zero-order valence-corrected chi connectivity index (χ0v) is 51.1. The Morgan fingerprint density at radius 1 is 0.895 bits per heavy atom. The number of carbonyl (C=O) groups is 4. The molecule has 86 heavy (non-hydrogen) atoms. The van der Waals surface area contributed by atoms with Crippen LogP contribution in [0, 0.1) is 32.6 Å². The van der Waals surface area contributed by atoms with Crippen molar-refractivity contribution < 1.29 is 33.5 Å². The summed E-state index contributed by atoms with van der Waals surface area (Å²) in [7, 11) is 0. The van der Waals surface area contributed by atoms with Gasteiger partial charge in [0.15, 0.2) is 5.13 Å². The molecule has 4 aliphatic rings. The number of amides is 4. The van der Waals surface area contributed by atoms with Gasteiger partial charge in [0.2, 0.25) is 11.8 Å². The Labute approximate surface area is 508 Å². The van der Waals surface area contributed by atoms with Crippen LogP contribution in [0.4, 0.5) is 10.9 Å². The lowest BCUT2D eigenvalue weighted by Crippen LogP contribution is -2.49. The summed E-state index contributed by atoms with van der Waals surface area (Å²) >= 11 is 3.00. The zero-order chi connectivity index (χ0) is 59.6. The Morgan fingerprint density at radius 2 is 1.72 bits per heavy atom. The summed E-state index contributed by atoms with van der Waals surface area (Å²) in [6.07, 6.45) is 8.03. The number of thiazole rings is 2. The number of nitrogens with zero attached hydrogens (tertiary/aromatic N) is 10. The Morgan fingerprint density at radius 3 is 2.49 bits per heavy atom. The van der Waals surface area contributed by atoms with Gasteiger partial charge in [-0.05, 0) is 105 Å². The second-order valence-corrected chi connectivity index (χ2v) is 25.6. The first-order chi connectivity index (χ1) is 41.7. The van der Waals surface area contributed by atoms with Crippen molar-refractivity contribution in [2.45, 2.75) is 117 Å². The summed E-state index contributed by atoms with van der Waals surface area (Å²) in [4.78, 5) is 80.6. The van der Waals surface area contributed by atoms with Crippen LogP contribution in [0.2, 0.25) is 0 Å². The highest BCUT2D eigenvalue weighted by atomic mass is 32.1. The molecule has 8 aromatic rings. The third-order valence-corrected chi connectivity index (χ3v) is 19.5. The first kappa shape index (κ1) is 58.5. The van der Waals surface area contributed by atoms with E-state index >= 15 is 4.79 Å². The van der Waals surface area contributed by atoms with Crippen LogP contribution in [0.15, 0.2) is 95.1 Å². The number of aliphatic hydroxyl groups is 1. The predicted molar refractivity (Wildman–Crippen MR) is 332 cm³/mol. The number of benzene rings is 3. The number of β-amino-alcohol motifs (C(OH)–C–C–N with tert-alkyl or cyclic N) is 1. The molecule has 3 fully saturated rings.